The largest absolute Gasteiger partial charge is 0.507 e. The summed E-state index contributed by atoms with van der Waals surface area (Å²) in [5.41, 5.74) is 1.26. The number of hydrogen-bond acceptors (Lipinski definition) is 8. The molecule has 0 bridgehead atoms. The molecule has 9 nitrogen and oxygen atoms in total. The Hall–Kier alpha value is -4.79. The predicted octanol–water partition coefficient (Wildman–Crippen LogP) is 3.88. The smallest absolute Gasteiger partial charge is 0.337 e. The molecule has 0 radical (unpaired) electrons. The normalized spacial score (nSPS) is 18.0. The fourth-order valence-electron chi connectivity index (χ4n) is 4.45. The number of ketones is 1. The number of carbonyl (C=O) groups is 3. The summed E-state index contributed by atoms with van der Waals surface area (Å²) in [6.07, 6.45) is 0. The van der Waals surface area contributed by atoms with Crippen LogP contribution in [0.1, 0.15) is 27.5 Å². The van der Waals surface area contributed by atoms with Crippen molar-refractivity contribution in [2.24, 2.45) is 0 Å². The first-order valence-corrected chi connectivity index (χ1v) is 11.5. The number of ether oxygens (including phenoxy) is 4. The summed E-state index contributed by atoms with van der Waals surface area (Å²) in [5, 5.41) is 11.4. The Bertz CT molecular complexity index is 1430. The lowest BCUT2D eigenvalue weighted by Gasteiger charge is -2.26. The average molecular weight is 501 g/mol. The lowest BCUT2D eigenvalue weighted by atomic mass is 9.95. The molecular formula is C28H23NO8. The van der Waals surface area contributed by atoms with Crippen molar-refractivity contribution < 1.29 is 38.4 Å². The van der Waals surface area contributed by atoms with Gasteiger partial charge in [-0.25, -0.2) is 4.79 Å². The van der Waals surface area contributed by atoms with Crippen LogP contribution in [-0.2, 0) is 14.3 Å². The maximum Gasteiger partial charge on any atom is 0.337 e. The van der Waals surface area contributed by atoms with Crippen LogP contribution in [0.5, 0.6) is 17.2 Å². The summed E-state index contributed by atoms with van der Waals surface area (Å²) in [7, 11) is 2.78. The zero-order valence-electron chi connectivity index (χ0n) is 20.1. The van der Waals surface area contributed by atoms with Crippen LogP contribution in [0.25, 0.3) is 5.76 Å². The molecule has 1 atom stereocenters. The number of methoxy groups -OCH3 is 2. The van der Waals surface area contributed by atoms with Crippen LogP contribution in [0, 0.1) is 0 Å². The average Bonchev–Trinajstić information content (AvgIpc) is 3.21. The zero-order chi connectivity index (χ0) is 26.1. The Labute approximate surface area is 212 Å². The number of fused-ring (bicyclic) bond motifs is 1. The number of anilines is 1. The molecule has 1 amide bonds. The van der Waals surface area contributed by atoms with Crippen molar-refractivity contribution in [2.75, 3.05) is 32.3 Å². The molecular weight excluding hydrogens is 478 g/mol. The maximum absolute atomic E-state index is 13.4. The Balaban J connectivity index is 1.68. The number of Topliss-reactive ketones (excluding diaryl/α,β-unsaturated/α-hetero) is 1. The van der Waals surface area contributed by atoms with Gasteiger partial charge in [0.1, 0.15) is 24.7 Å². The fourth-order valence-corrected chi connectivity index (χ4v) is 4.45. The molecule has 188 valence electrons. The van der Waals surface area contributed by atoms with E-state index in [2.05, 4.69) is 0 Å². The van der Waals surface area contributed by atoms with Crippen LogP contribution in [0.15, 0.2) is 72.3 Å². The highest BCUT2D eigenvalue weighted by Crippen LogP contribution is 2.43. The highest BCUT2D eigenvalue weighted by Gasteiger charge is 2.47. The molecule has 0 aromatic heterocycles. The molecule has 2 aliphatic rings. The number of aliphatic hydroxyl groups excluding tert-OH is 1. The number of aliphatic hydroxyl groups is 1. The summed E-state index contributed by atoms with van der Waals surface area (Å²) < 4.78 is 21.2. The molecule has 37 heavy (non-hydrogen) atoms. The van der Waals surface area contributed by atoms with Crippen LogP contribution in [0.2, 0.25) is 0 Å². The molecule has 1 fully saturated rings. The van der Waals surface area contributed by atoms with Gasteiger partial charge >= 0.3 is 5.97 Å². The molecule has 3 aromatic carbocycles. The zero-order valence-corrected chi connectivity index (χ0v) is 20.1. The minimum Gasteiger partial charge on any atom is -0.507 e. The molecule has 1 N–H and O–H groups in total. The summed E-state index contributed by atoms with van der Waals surface area (Å²) in [6.45, 7) is 0.759. The van der Waals surface area contributed by atoms with Crippen molar-refractivity contribution in [3.63, 3.8) is 0 Å². The molecule has 1 saturated heterocycles. The third-order valence-electron chi connectivity index (χ3n) is 6.24. The standard InChI is InChI=1S/C28H23NO8/c1-34-20-9-6-16(7-10-20)24-23(25(30)17-8-11-21-22(15-17)37-13-12-36-21)26(31)27(32)29(24)19-5-3-4-18(14-19)28(33)35-2/h3-11,14-15,24,30H,12-13H2,1-2H3/b25-23-. The second-order valence-corrected chi connectivity index (χ2v) is 8.34. The summed E-state index contributed by atoms with van der Waals surface area (Å²) in [5.74, 6) is -1.12. The van der Waals surface area contributed by atoms with E-state index in [1.54, 1.807) is 60.7 Å². The fraction of sp³-hybridized carbons (Fsp3) is 0.179. The highest BCUT2D eigenvalue weighted by molar-refractivity contribution is 6.51. The summed E-state index contributed by atoms with van der Waals surface area (Å²) in [6, 6.07) is 16.9. The van der Waals surface area contributed by atoms with Crippen molar-refractivity contribution in [3.05, 3.63) is 89.0 Å². The lowest BCUT2D eigenvalue weighted by Crippen LogP contribution is -2.29. The van der Waals surface area contributed by atoms with Gasteiger partial charge in [-0.05, 0) is 54.1 Å². The van der Waals surface area contributed by atoms with Crippen molar-refractivity contribution in [1.29, 1.82) is 0 Å². The highest BCUT2D eigenvalue weighted by atomic mass is 16.6. The first kappa shape index (κ1) is 23.9. The van der Waals surface area contributed by atoms with Gasteiger partial charge in [0, 0.05) is 11.3 Å². The number of hydrogen-bond donors (Lipinski definition) is 1. The Morgan fingerprint density at radius 3 is 2.35 bits per heavy atom. The molecule has 1 unspecified atom stereocenters. The van der Waals surface area contributed by atoms with Gasteiger partial charge in [0.25, 0.3) is 11.7 Å². The van der Waals surface area contributed by atoms with E-state index < -0.39 is 23.7 Å². The van der Waals surface area contributed by atoms with E-state index in [1.165, 1.54) is 25.2 Å². The number of carbonyl (C=O) groups excluding carboxylic acids is 3. The van der Waals surface area contributed by atoms with Crippen molar-refractivity contribution in [2.45, 2.75) is 6.04 Å². The molecule has 5 rings (SSSR count). The van der Waals surface area contributed by atoms with Crippen LogP contribution in [0.4, 0.5) is 5.69 Å². The van der Waals surface area contributed by atoms with E-state index in [-0.39, 0.29) is 16.9 Å². The van der Waals surface area contributed by atoms with Crippen molar-refractivity contribution >= 4 is 29.1 Å². The molecule has 0 spiro atoms. The van der Waals surface area contributed by atoms with Gasteiger partial charge in [-0.2, -0.15) is 0 Å². The summed E-state index contributed by atoms with van der Waals surface area (Å²) >= 11 is 0. The Morgan fingerprint density at radius 1 is 0.919 bits per heavy atom. The summed E-state index contributed by atoms with van der Waals surface area (Å²) in [4.78, 5) is 40.2. The topological polar surface area (TPSA) is 112 Å². The Morgan fingerprint density at radius 2 is 1.65 bits per heavy atom. The minimum atomic E-state index is -0.980. The lowest BCUT2D eigenvalue weighted by molar-refractivity contribution is -0.132. The number of benzene rings is 3. The van der Waals surface area contributed by atoms with Crippen LogP contribution in [0.3, 0.4) is 0 Å². The number of rotatable bonds is 5. The molecule has 0 saturated carbocycles. The van der Waals surface area contributed by atoms with E-state index in [0.717, 1.165) is 0 Å². The van der Waals surface area contributed by atoms with Crippen molar-refractivity contribution in [1.82, 2.24) is 0 Å². The van der Waals surface area contributed by atoms with E-state index in [1.807, 2.05) is 0 Å². The monoisotopic (exact) mass is 501 g/mol. The van der Waals surface area contributed by atoms with Crippen molar-refractivity contribution in [3.8, 4) is 17.2 Å². The maximum atomic E-state index is 13.4. The third-order valence-corrected chi connectivity index (χ3v) is 6.24. The minimum absolute atomic E-state index is 0.102. The molecule has 2 aliphatic heterocycles. The third kappa shape index (κ3) is 4.24. The van der Waals surface area contributed by atoms with E-state index in [0.29, 0.717) is 47.3 Å². The van der Waals surface area contributed by atoms with Crippen LogP contribution in [-0.4, -0.2) is 50.2 Å². The van der Waals surface area contributed by atoms with Crippen LogP contribution >= 0.6 is 0 Å². The molecule has 3 aromatic rings. The van der Waals surface area contributed by atoms with Crippen LogP contribution < -0.4 is 19.1 Å². The molecule has 9 heteroatoms. The number of amides is 1. The van der Waals surface area contributed by atoms with Gasteiger partial charge in [-0.1, -0.05) is 18.2 Å². The van der Waals surface area contributed by atoms with Gasteiger partial charge in [0.2, 0.25) is 0 Å². The Kier molecular flexibility index (Phi) is 6.27. The van der Waals surface area contributed by atoms with Gasteiger partial charge in [-0.15, -0.1) is 0 Å². The van der Waals surface area contributed by atoms with Gasteiger partial charge in [0.05, 0.1) is 31.4 Å². The van der Waals surface area contributed by atoms with Gasteiger partial charge < -0.3 is 24.1 Å². The van der Waals surface area contributed by atoms with Gasteiger partial charge in [-0.3, -0.25) is 14.5 Å². The molecule has 2 heterocycles. The number of nitrogens with zero attached hydrogens (tertiary/aromatic N) is 1. The predicted molar refractivity (Wildman–Crippen MR) is 133 cm³/mol. The number of esters is 1. The van der Waals surface area contributed by atoms with E-state index >= 15 is 0 Å². The van der Waals surface area contributed by atoms with E-state index in [4.69, 9.17) is 18.9 Å². The first-order valence-electron chi connectivity index (χ1n) is 11.5. The second-order valence-electron chi connectivity index (χ2n) is 8.34. The SMILES string of the molecule is COC(=O)c1cccc(N2C(=O)C(=O)/C(=C(\O)c3ccc4c(c3)OCCO4)C2c2ccc(OC)cc2)c1. The van der Waals surface area contributed by atoms with Gasteiger partial charge in [0.15, 0.2) is 11.5 Å². The second kappa shape index (κ2) is 9.69. The molecule has 0 aliphatic carbocycles. The quantitative estimate of drug-likeness (QED) is 0.243. The first-order chi connectivity index (χ1) is 17.9. The van der Waals surface area contributed by atoms with E-state index in [9.17, 15) is 19.5 Å².